The van der Waals surface area contributed by atoms with Crippen LogP contribution in [0.25, 0.3) is 99.6 Å². The lowest BCUT2D eigenvalue weighted by Gasteiger charge is -2.10. The molecule has 0 amide bonds. The zero-order valence-corrected chi connectivity index (χ0v) is 31.1. The normalized spacial score (nSPS) is 11.1. The minimum Gasteiger partial charge on any atom is -0.208 e. The maximum Gasteiger partial charge on any atom is 0.164 e. The SMILES string of the molecule is N#Cc1ccc(-c2ccc(-c3nc(-c4ccccc4)nc(-c4cccc5sc6cc(-c7nc(-c8ccccc8)nc(-c8ccccc8)n7)ccc6c45)n3)cc2)cc1. The Morgan fingerprint density at radius 3 is 1.28 bits per heavy atom. The monoisotopic (exact) mass is 747 g/mol. The van der Waals surface area contributed by atoms with E-state index in [4.69, 9.17) is 29.9 Å². The number of nitrogens with zero attached hydrogens (tertiary/aromatic N) is 7. The van der Waals surface area contributed by atoms with Crippen LogP contribution in [-0.2, 0) is 0 Å². The molecule has 0 N–H and O–H groups in total. The fourth-order valence-electron chi connectivity index (χ4n) is 6.98. The first-order chi connectivity index (χ1) is 28.2. The van der Waals surface area contributed by atoms with Crippen molar-refractivity contribution < 1.29 is 0 Å². The van der Waals surface area contributed by atoms with E-state index in [0.29, 0.717) is 40.5 Å². The van der Waals surface area contributed by atoms with Gasteiger partial charge in [-0.15, -0.1) is 11.3 Å². The maximum absolute atomic E-state index is 9.23. The third-order valence-electron chi connectivity index (χ3n) is 9.85. The second kappa shape index (κ2) is 14.5. The summed E-state index contributed by atoms with van der Waals surface area (Å²) in [6.07, 6.45) is 0. The minimum absolute atomic E-state index is 0.585. The van der Waals surface area contributed by atoms with E-state index in [0.717, 1.165) is 64.7 Å². The van der Waals surface area contributed by atoms with Gasteiger partial charge in [0.25, 0.3) is 0 Å². The van der Waals surface area contributed by atoms with E-state index in [-0.39, 0.29) is 0 Å². The van der Waals surface area contributed by atoms with Crippen molar-refractivity contribution in [1.82, 2.24) is 29.9 Å². The predicted octanol–water partition coefficient (Wildman–Crippen LogP) is 12.0. The average molecular weight is 748 g/mol. The molecule has 0 aliphatic heterocycles. The molecule has 266 valence electrons. The van der Waals surface area contributed by atoms with Gasteiger partial charge in [-0.2, -0.15) is 5.26 Å². The number of benzene rings is 7. The number of aromatic nitrogens is 6. The smallest absolute Gasteiger partial charge is 0.164 e. The van der Waals surface area contributed by atoms with Crippen molar-refractivity contribution >= 4 is 31.5 Å². The van der Waals surface area contributed by atoms with E-state index in [1.165, 1.54) is 0 Å². The molecule has 0 bridgehead atoms. The van der Waals surface area contributed by atoms with Crippen LogP contribution in [0, 0.1) is 11.3 Å². The highest BCUT2D eigenvalue weighted by Gasteiger charge is 2.19. The fourth-order valence-corrected chi connectivity index (χ4v) is 8.15. The van der Waals surface area contributed by atoms with Gasteiger partial charge in [0.05, 0.1) is 11.6 Å². The van der Waals surface area contributed by atoms with Crippen LogP contribution in [-0.4, -0.2) is 29.9 Å². The van der Waals surface area contributed by atoms with Crippen molar-refractivity contribution in [3.8, 4) is 85.5 Å². The van der Waals surface area contributed by atoms with Crippen LogP contribution in [0.15, 0.2) is 176 Å². The summed E-state index contributed by atoms with van der Waals surface area (Å²) in [4.78, 5) is 30.0. The van der Waals surface area contributed by atoms with E-state index in [2.05, 4.69) is 54.6 Å². The second-order valence-corrected chi connectivity index (χ2v) is 14.6. The lowest BCUT2D eigenvalue weighted by atomic mass is 10.0. The summed E-state index contributed by atoms with van der Waals surface area (Å²) in [6, 6.07) is 60.8. The molecule has 10 rings (SSSR count). The van der Waals surface area contributed by atoms with Crippen LogP contribution in [0.4, 0.5) is 0 Å². The molecule has 8 heteroatoms. The zero-order valence-electron chi connectivity index (χ0n) is 30.3. The Hall–Kier alpha value is -7.73. The molecule has 0 saturated heterocycles. The van der Waals surface area contributed by atoms with E-state index < -0.39 is 0 Å². The molecular formula is C49H29N7S. The van der Waals surface area contributed by atoms with E-state index in [1.54, 1.807) is 11.3 Å². The Morgan fingerprint density at radius 2 is 0.772 bits per heavy atom. The lowest BCUT2D eigenvalue weighted by molar-refractivity contribution is 1.07. The number of hydrogen-bond donors (Lipinski definition) is 0. The van der Waals surface area contributed by atoms with Crippen molar-refractivity contribution in [3.63, 3.8) is 0 Å². The largest absolute Gasteiger partial charge is 0.208 e. The van der Waals surface area contributed by atoms with Crippen molar-refractivity contribution in [1.29, 1.82) is 5.26 Å². The molecule has 3 heterocycles. The van der Waals surface area contributed by atoms with Crippen LogP contribution < -0.4 is 0 Å². The molecule has 3 aromatic heterocycles. The van der Waals surface area contributed by atoms with Gasteiger partial charge in [-0.1, -0.05) is 152 Å². The number of fused-ring (bicyclic) bond motifs is 3. The molecule has 0 saturated carbocycles. The Labute approximate surface area is 332 Å². The molecule has 57 heavy (non-hydrogen) atoms. The van der Waals surface area contributed by atoms with Crippen LogP contribution in [0.5, 0.6) is 0 Å². The van der Waals surface area contributed by atoms with Gasteiger partial charge < -0.3 is 0 Å². The summed E-state index contributed by atoms with van der Waals surface area (Å²) in [5, 5.41) is 11.4. The van der Waals surface area contributed by atoms with Gasteiger partial charge in [0.2, 0.25) is 0 Å². The van der Waals surface area contributed by atoms with Crippen molar-refractivity contribution in [2.24, 2.45) is 0 Å². The second-order valence-electron chi connectivity index (χ2n) is 13.5. The van der Waals surface area contributed by atoms with E-state index in [9.17, 15) is 5.26 Å². The van der Waals surface area contributed by atoms with Gasteiger partial charge in [-0.25, -0.2) is 29.9 Å². The molecule has 0 aliphatic rings. The van der Waals surface area contributed by atoms with Crippen LogP contribution in [0.1, 0.15) is 5.56 Å². The first-order valence-corrected chi connectivity index (χ1v) is 19.2. The van der Waals surface area contributed by atoms with Gasteiger partial charge in [0, 0.05) is 53.6 Å². The Balaban J connectivity index is 1.09. The highest BCUT2D eigenvalue weighted by Crippen LogP contribution is 2.41. The third-order valence-corrected chi connectivity index (χ3v) is 11.0. The molecule has 0 atom stereocenters. The van der Waals surface area contributed by atoms with E-state index in [1.807, 2.05) is 127 Å². The summed E-state index contributed by atoms with van der Waals surface area (Å²) in [5.41, 5.74) is 8.19. The molecule has 0 aliphatic carbocycles. The number of hydrogen-bond acceptors (Lipinski definition) is 8. The number of nitriles is 1. The molecule has 10 aromatic rings. The fraction of sp³-hybridized carbons (Fsp3) is 0. The molecule has 0 unspecified atom stereocenters. The number of rotatable bonds is 7. The summed E-state index contributed by atoms with van der Waals surface area (Å²) in [6.45, 7) is 0. The molecule has 0 spiro atoms. The zero-order chi connectivity index (χ0) is 38.1. The number of thiophene rings is 1. The highest BCUT2D eigenvalue weighted by molar-refractivity contribution is 7.26. The topological polar surface area (TPSA) is 101 Å². The van der Waals surface area contributed by atoms with Crippen molar-refractivity contribution in [2.45, 2.75) is 0 Å². The Bertz CT molecular complexity index is 3050. The van der Waals surface area contributed by atoms with Gasteiger partial charge in [0.1, 0.15) is 0 Å². The maximum atomic E-state index is 9.23. The van der Waals surface area contributed by atoms with Gasteiger partial charge >= 0.3 is 0 Å². The summed E-state index contributed by atoms with van der Waals surface area (Å²) < 4.78 is 2.23. The molecule has 0 radical (unpaired) electrons. The highest BCUT2D eigenvalue weighted by atomic mass is 32.1. The molecule has 7 nitrogen and oxygen atoms in total. The predicted molar refractivity (Wildman–Crippen MR) is 229 cm³/mol. The lowest BCUT2D eigenvalue weighted by Crippen LogP contribution is -2.00. The summed E-state index contributed by atoms with van der Waals surface area (Å²) >= 11 is 1.72. The first kappa shape index (κ1) is 33.8. The minimum atomic E-state index is 0.585. The standard InChI is InChI=1S/C49H29N7S/c50-30-31-19-21-32(22-20-31)33-23-25-37(26-24-33)47-52-46(36-15-8-3-9-16-36)55-49(56-47)40-17-10-18-41-43(40)39-28-27-38(29-42(39)57-41)48-53-44(34-11-4-1-5-12-34)51-45(54-48)35-13-6-2-7-14-35/h1-29H. The van der Waals surface area contributed by atoms with Crippen LogP contribution in [0.3, 0.4) is 0 Å². The molecule has 7 aromatic carbocycles. The van der Waals surface area contributed by atoms with Gasteiger partial charge in [-0.05, 0) is 35.4 Å². The van der Waals surface area contributed by atoms with Gasteiger partial charge in [-0.3, -0.25) is 0 Å². The van der Waals surface area contributed by atoms with Crippen molar-refractivity contribution in [2.75, 3.05) is 0 Å². The quantitative estimate of drug-likeness (QED) is 0.160. The van der Waals surface area contributed by atoms with E-state index >= 15 is 0 Å². The molecular weight excluding hydrogens is 719 g/mol. The third kappa shape index (κ3) is 6.59. The summed E-state index contributed by atoms with van der Waals surface area (Å²) in [5.74, 6) is 3.65. The molecule has 0 fully saturated rings. The first-order valence-electron chi connectivity index (χ1n) is 18.4. The average Bonchev–Trinajstić information content (AvgIpc) is 3.68. The van der Waals surface area contributed by atoms with Crippen LogP contribution >= 0.6 is 11.3 Å². The Kier molecular flexibility index (Phi) is 8.60. The summed E-state index contributed by atoms with van der Waals surface area (Å²) in [7, 11) is 0. The van der Waals surface area contributed by atoms with Crippen LogP contribution in [0.2, 0.25) is 0 Å². The van der Waals surface area contributed by atoms with Crippen molar-refractivity contribution in [3.05, 3.63) is 181 Å². The Morgan fingerprint density at radius 1 is 0.351 bits per heavy atom. The van der Waals surface area contributed by atoms with Gasteiger partial charge in [0.15, 0.2) is 34.9 Å².